The molecule has 2 fully saturated rings. The molecule has 2 amide bonds. The average Bonchev–Trinajstić information content (AvgIpc) is 2.62. The highest BCUT2D eigenvalue weighted by molar-refractivity contribution is 5.79. The quantitative estimate of drug-likeness (QED) is 0.844. The molecular weight excluding hydrogens is 339 g/mol. The number of phenols is 1. The number of piperidine rings is 2. The molecule has 3 rings (SSSR count). The molecule has 2 heterocycles. The number of hydrogen-bond acceptors (Lipinski definition) is 4. The van der Waals surface area contributed by atoms with Crippen molar-refractivity contribution in [2.75, 3.05) is 32.8 Å². The van der Waals surface area contributed by atoms with E-state index in [-0.39, 0.29) is 30.3 Å². The van der Waals surface area contributed by atoms with Crippen LogP contribution in [0.3, 0.4) is 0 Å². The maximum atomic E-state index is 13.5. The van der Waals surface area contributed by atoms with Crippen molar-refractivity contribution in [1.29, 1.82) is 0 Å². The molecule has 26 heavy (non-hydrogen) atoms. The number of rotatable bonds is 4. The van der Waals surface area contributed by atoms with Crippen molar-refractivity contribution in [2.24, 2.45) is 5.41 Å². The normalized spacial score (nSPS) is 23.5. The summed E-state index contributed by atoms with van der Waals surface area (Å²) in [6.07, 6.45) is 3.12. The van der Waals surface area contributed by atoms with Gasteiger partial charge in [-0.25, -0.2) is 4.39 Å². The number of phenolic OH excluding ortho intramolecular Hbond substituents is 1. The molecule has 0 bridgehead atoms. The summed E-state index contributed by atoms with van der Waals surface area (Å²) in [6, 6.07) is 4.00. The maximum absolute atomic E-state index is 13.5. The summed E-state index contributed by atoms with van der Waals surface area (Å²) in [4.78, 5) is 28.2. The van der Waals surface area contributed by atoms with E-state index in [0.29, 0.717) is 38.2 Å². The van der Waals surface area contributed by atoms with E-state index in [9.17, 15) is 19.1 Å². The zero-order chi connectivity index (χ0) is 18.7. The molecule has 0 aromatic heterocycles. The smallest absolute Gasteiger partial charge is 0.227 e. The van der Waals surface area contributed by atoms with Crippen LogP contribution in [0, 0.1) is 11.2 Å². The van der Waals surface area contributed by atoms with Gasteiger partial charge in [-0.05, 0) is 37.0 Å². The lowest BCUT2D eigenvalue weighted by atomic mass is 9.73. The molecule has 0 aliphatic carbocycles. The average molecular weight is 364 g/mol. The molecule has 1 aromatic rings. The highest BCUT2D eigenvalue weighted by Gasteiger charge is 2.42. The van der Waals surface area contributed by atoms with Gasteiger partial charge in [0, 0.05) is 38.0 Å². The Morgan fingerprint density at radius 3 is 2.81 bits per heavy atom. The lowest BCUT2D eigenvalue weighted by molar-refractivity contribution is -0.143. The Balaban J connectivity index is 1.66. The minimum absolute atomic E-state index is 0.0586. The number of benzene rings is 1. The molecule has 6 nitrogen and oxygen atoms in total. The first kappa shape index (κ1) is 18.6. The summed E-state index contributed by atoms with van der Waals surface area (Å²) in [5, 5.41) is 18.4. The zero-order valence-electron chi connectivity index (χ0n) is 14.8. The molecule has 142 valence electrons. The van der Waals surface area contributed by atoms with Crippen molar-refractivity contribution in [2.45, 2.75) is 32.1 Å². The number of halogens is 1. The molecule has 2 aliphatic heterocycles. The second kappa shape index (κ2) is 7.61. The Labute approximate surface area is 152 Å². The van der Waals surface area contributed by atoms with Gasteiger partial charge in [0.1, 0.15) is 0 Å². The largest absolute Gasteiger partial charge is 0.505 e. The predicted octanol–water partition coefficient (Wildman–Crippen LogP) is 1.30. The van der Waals surface area contributed by atoms with Crippen LogP contribution in [0.15, 0.2) is 18.2 Å². The van der Waals surface area contributed by atoms with Crippen LogP contribution in [-0.4, -0.2) is 64.6 Å². The number of carbonyl (C=O) groups is 2. The number of aromatic hydroxyl groups is 1. The number of β-amino-alcohol motifs (C(OH)–C–C–N with tert-alkyl or cyclic N) is 1. The van der Waals surface area contributed by atoms with Crippen LogP contribution in [0.2, 0.25) is 0 Å². The molecule has 0 unspecified atom stereocenters. The van der Waals surface area contributed by atoms with E-state index in [4.69, 9.17) is 5.11 Å². The fourth-order valence-electron chi connectivity index (χ4n) is 4.13. The minimum atomic E-state index is -0.726. The number of nitrogens with zero attached hydrogens (tertiary/aromatic N) is 2. The van der Waals surface area contributed by atoms with Crippen molar-refractivity contribution < 1.29 is 24.2 Å². The number of likely N-dealkylation sites (tertiary alicyclic amines) is 2. The third kappa shape index (κ3) is 3.98. The van der Waals surface area contributed by atoms with Crippen LogP contribution in [0.25, 0.3) is 0 Å². The summed E-state index contributed by atoms with van der Waals surface area (Å²) < 4.78 is 13.5. The van der Waals surface area contributed by atoms with E-state index in [2.05, 4.69) is 0 Å². The number of hydrogen-bond donors (Lipinski definition) is 2. The Kier molecular flexibility index (Phi) is 5.46. The first-order valence-corrected chi connectivity index (χ1v) is 9.06. The molecule has 1 aromatic carbocycles. The van der Waals surface area contributed by atoms with Gasteiger partial charge in [-0.3, -0.25) is 9.59 Å². The maximum Gasteiger partial charge on any atom is 0.227 e. The number of amides is 2. The Morgan fingerprint density at radius 2 is 2.08 bits per heavy atom. The Bertz CT molecular complexity index is 696. The zero-order valence-corrected chi connectivity index (χ0v) is 14.8. The fourth-order valence-corrected chi connectivity index (χ4v) is 4.13. The van der Waals surface area contributed by atoms with Crippen LogP contribution in [-0.2, 0) is 16.0 Å². The van der Waals surface area contributed by atoms with Gasteiger partial charge < -0.3 is 20.0 Å². The van der Waals surface area contributed by atoms with E-state index in [1.165, 1.54) is 12.1 Å². The lowest BCUT2D eigenvalue weighted by Gasteiger charge is -2.48. The second-order valence-electron chi connectivity index (χ2n) is 7.42. The van der Waals surface area contributed by atoms with Crippen molar-refractivity contribution >= 4 is 11.8 Å². The number of aliphatic hydroxyl groups is 1. The van der Waals surface area contributed by atoms with Crippen LogP contribution in [0.1, 0.15) is 31.2 Å². The molecule has 7 heteroatoms. The topological polar surface area (TPSA) is 81.1 Å². The van der Waals surface area contributed by atoms with Crippen LogP contribution in [0.5, 0.6) is 5.75 Å². The summed E-state index contributed by atoms with van der Waals surface area (Å²) >= 11 is 0. The van der Waals surface area contributed by atoms with Crippen LogP contribution in [0.4, 0.5) is 4.39 Å². The van der Waals surface area contributed by atoms with E-state index in [1.807, 2.05) is 0 Å². The third-order valence-electron chi connectivity index (χ3n) is 5.50. The lowest BCUT2D eigenvalue weighted by Crippen LogP contribution is -2.55. The number of aliphatic hydroxyl groups excluding tert-OH is 1. The summed E-state index contributed by atoms with van der Waals surface area (Å²) in [5.74, 6) is -1.16. The summed E-state index contributed by atoms with van der Waals surface area (Å²) in [6.45, 7) is 2.10. The first-order chi connectivity index (χ1) is 12.4. The first-order valence-electron chi connectivity index (χ1n) is 9.06. The van der Waals surface area contributed by atoms with E-state index < -0.39 is 11.6 Å². The van der Waals surface area contributed by atoms with Crippen LogP contribution < -0.4 is 0 Å². The molecule has 2 N–H and O–H groups in total. The standard InChI is InChI=1S/C19H25FN2O4/c20-15-10-14(2-3-16(15)24)11-18(26)21-7-1-5-19(12-21)6-4-17(25)22(13-19)8-9-23/h2-3,10,23-24H,1,4-9,11-13H2/t19-/m0/s1. The Hall–Kier alpha value is -2.15. The monoisotopic (exact) mass is 364 g/mol. The van der Waals surface area contributed by atoms with Crippen molar-refractivity contribution in [3.8, 4) is 5.75 Å². The SMILES string of the molecule is O=C1CC[C@]2(CCCN(C(=O)Cc3ccc(O)c(F)c3)C2)CN1CCO. The van der Waals surface area contributed by atoms with Gasteiger partial charge in [0.25, 0.3) is 0 Å². The van der Waals surface area contributed by atoms with E-state index in [0.717, 1.165) is 19.3 Å². The highest BCUT2D eigenvalue weighted by atomic mass is 19.1. The molecule has 2 aliphatic rings. The van der Waals surface area contributed by atoms with Gasteiger partial charge in [-0.2, -0.15) is 0 Å². The van der Waals surface area contributed by atoms with Crippen LogP contribution >= 0.6 is 0 Å². The third-order valence-corrected chi connectivity index (χ3v) is 5.50. The van der Waals surface area contributed by atoms with Crippen molar-refractivity contribution in [3.05, 3.63) is 29.6 Å². The molecular formula is C19H25FN2O4. The van der Waals surface area contributed by atoms with Gasteiger partial charge in [-0.1, -0.05) is 6.07 Å². The van der Waals surface area contributed by atoms with Gasteiger partial charge >= 0.3 is 0 Å². The minimum Gasteiger partial charge on any atom is -0.505 e. The van der Waals surface area contributed by atoms with Gasteiger partial charge in [0.15, 0.2) is 11.6 Å². The number of carbonyl (C=O) groups excluding carboxylic acids is 2. The Morgan fingerprint density at radius 1 is 1.27 bits per heavy atom. The molecule has 2 saturated heterocycles. The van der Waals surface area contributed by atoms with E-state index in [1.54, 1.807) is 15.9 Å². The van der Waals surface area contributed by atoms with E-state index >= 15 is 0 Å². The van der Waals surface area contributed by atoms with Crippen molar-refractivity contribution in [3.63, 3.8) is 0 Å². The van der Waals surface area contributed by atoms with Gasteiger partial charge in [0.05, 0.1) is 13.0 Å². The fraction of sp³-hybridized carbons (Fsp3) is 0.579. The molecule has 0 radical (unpaired) electrons. The molecule has 1 spiro atoms. The van der Waals surface area contributed by atoms with Gasteiger partial charge in [-0.15, -0.1) is 0 Å². The summed E-state index contributed by atoms with van der Waals surface area (Å²) in [5.41, 5.74) is 0.419. The molecule has 1 atom stereocenters. The summed E-state index contributed by atoms with van der Waals surface area (Å²) in [7, 11) is 0. The van der Waals surface area contributed by atoms with Crippen molar-refractivity contribution in [1.82, 2.24) is 9.80 Å². The van der Waals surface area contributed by atoms with Gasteiger partial charge in [0.2, 0.25) is 11.8 Å². The molecule has 0 saturated carbocycles. The second-order valence-corrected chi connectivity index (χ2v) is 7.42. The predicted molar refractivity (Wildman–Crippen MR) is 92.9 cm³/mol. The highest BCUT2D eigenvalue weighted by Crippen LogP contribution is 2.39.